The van der Waals surface area contributed by atoms with E-state index in [0.29, 0.717) is 19.3 Å². The average Bonchev–Trinajstić information content (AvgIpc) is 2.45. The molecule has 1 aromatic rings. The van der Waals surface area contributed by atoms with Crippen LogP contribution in [0.4, 0.5) is 0 Å². The monoisotopic (exact) mass is 297 g/mol. The second-order valence-corrected chi connectivity index (χ2v) is 4.76. The lowest BCUT2D eigenvalue weighted by Crippen LogP contribution is -2.25. The number of hydrogen-bond donors (Lipinski definition) is 4. The highest BCUT2D eigenvalue weighted by Crippen LogP contribution is 2.07. The number of carbonyl (C=O) groups is 2. The maximum absolute atomic E-state index is 11.7. The van der Waals surface area contributed by atoms with Crippen LogP contribution in [0.3, 0.4) is 0 Å². The second-order valence-electron chi connectivity index (χ2n) is 4.76. The molecule has 0 fully saturated rings. The zero-order chi connectivity index (χ0) is 15.7. The van der Waals surface area contributed by atoms with Crippen LogP contribution in [0.25, 0.3) is 0 Å². The Hall–Kier alpha value is -2.22. The molecule has 1 heterocycles. The molecule has 0 bridgehead atoms. The number of carbonyl (C=O) groups excluding carboxylic acids is 2. The summed E-state index contributed by atoms with van der Waals surface area (Å²) < 4.78 is 0. The van der Waals surface area contributed by atoms with Gasteiger partial charge in [-0.1, -0.05) is 12.8 Å². The molecular weight excluding hydrogens is 278 g/mol. The molecule has 0 saturated carbocycles. The van der Waals surface area contributed by atoms with Crippen LogP contribution in [0.15, 0.2) is 15.8 Å². The first-order valence-corrected chi connectivity index (χ1v) is 6.78. The van der Waals surface area contributed by atoms with Gasteiger partial charge in [0.15, 0.2) is 0 Å². The predicted octanol–water partition coefficient (Wildman–Crippen LogP) is 0.0208. The first kappa shape index (κ1) is 16.8. The summed E-state index contributed by atoms with van der Waals surface area (Å²) in [5.74, 6) is -0.482. The van der Waals surface area contributed by atoms with Gasteiger partial charge in [0.1, 0.15) is 5.78 Å². The molecule has 0 aromatic carbocycles. The van der Waals surface area contributed by atoms with Gasteiger partial charge in [0.2, 0.25) is 5.91 Å². The molecule has 1 amide bonds. The van der Waals surface area contributed by atoms with Gasteiger partial charge in [0, 0.05) is 31.0 Å². The van der Waals surface area contributed by atoms with Crippen LogP contribution in [0, 0.1) is 0 Å². The van der Waals surface area contributed by atoms with E-state index in [0.717, 1.165) is 12.8 Å². The van der Waals surface area contributed by atoms with E-state index in [1.54, 1.807) is 5.48 Å². The van der Waals surface area contributed by atoms with E-state index in [1.807, 2.05) is 0 Å². The van der Waals surface area contributed by atoms with Crippen molar-refractivity contribution in [2.75, 3.05) is 0 Å². The minimum atomic E-state index is -0.594. The largest absolute Gasteiger partial charge is 0.325 e. The fourth-order valence-electron chi connectivity index (χ4n) is 1.89. The highest BCUT2D eigenvalue weighted by molar-refractivity contribution is 5.80. The number of hydrogen-bond acceptors (Lipinski definition) is 5. The Labute approximate surface area is 120 Å². The van der Waals surface area contributed by atoms with Crippen LogP contribution < -0.4 is 16.7 Å². The van der Waals surface area contributed by atoms with Crippen LogP contribution >= 0.6 is 0 Å². The number of aromatic amines is 2. The molecule has 0 unspecified atom stereocenters. The van der Waals surface area contributed by atoms with Crippen LogP contribution in [-0.4, -0.2) is 26.9 Å². The van der Waals surface area contributed by atoms with Crippen LogP contribution in [0.2, 0.25) is 0 Å². The molecule has 116 valence electrons. The third-order valence-corrected chi connectivity index (χ3v) is 3.02. The molecule has 4 N–H and O–H groups in total. The van der Waals surface area contributed by atoms with Gasteiger partial charge in [-0.3, -0.25) is 24.6 Å². The molecule has 0 radical (unpaired) electrons. The molecule has 0 aliphatic heterocycles. The van der Waals surface area contributed by atoms with Gasteiger partial charge in [0.25, 0.3) is 5.56 Å². The molecule has 8 heteroatoms. The first-order valence-electron chi connectivity index (χ1n) is 6.78. The molecular formula is C13H19N3O5. The lowest BCUT2D eigenvalue weighted by molar-refractivity contribution is -0.129. The summed E-state index contributed by atoms with van der Waals surface area (Å²) >= 11 is 0. The fraction of sp³-hybridized carbons (Fsp3) is 0.538. The maximum atomic E-state index is 11.7. The summed E-state index contributed by atoms with van der Waals surface area (Å²) in [7, 11) is 0. The van der Waals surface area contributed by atoms with Crippen molar-refractivity contribution in [2.24, 2.45) is 0 Å². The number of aromatic nitrogens is 2. The van der Waals surface area contributed by atoms with Gasteiger partial charge >= 0.3 is 5.69 Å². The molecule has 0 aliphatic rings. The normalized spacial score (nSPS) is 10.3. The van der Waals surface area contributed by atoms with Crippen molar-refractivity contribution in [1.29, 1.82) is 0 Å². The number of amides is 1. The van der Waals surface area contributed by atoms with Gasteiger partial charge in [-0.25, -0.2) is 10.3 Å². The SMILES string of the molecule is O=C(CCCCCCC(=O)NO)Cc1c[nH]c(=O)[nH]c1=O. The summed E-state index contributed by atoms with van der Waals surface area (Å²) in [5.41, 5.74) is 0.675. The number of nitrogens with one attached hydrogen (secondary N) is 3. The highest BCUT2D eigenvalue weighted by atomic mass is 16.5. The minimum Gasteiger partial charge on any atom is -0.314 e. The Morgan fingerprint density at radius 3 is 2.38 bits per heavy atom. The average molecular weight is 297 g/mol. The summed E-state index contributed by atoms with van der Waals surface area (Å²) in [6, 6.07) is 0. The van der Waals surface area contributed by atoms with Gasteiger partial charge in [0.05, 0.1) is 0 Å². The number of ketones is 1. The standard InChI is InChI=1S/C13H19N3O5/c17-10(5-3-1-2-4-6-11(18)16-21)7-9-8-14-13(20)15-12(9)19/h8,21H,1-7H2,(H,16,18)(H2,14,15,19,20). The van der Waals surface area contributed by atoms with Crippen LogP contribution in [0.5, 0.6) is 0 Å². The molecule has 21 heavy (non-hydrogen) atoms. The molecule has 0 spiro atoms. The van der Waals surface area contributed by atoms with E-state index in [-0.39, 0.29) is 24.2 Å². The van der Waals surface area contributed by atoms with E-state index in [9.17, 15) is 19.2 Å². The third kappa shape index (κ3) is 6.66. The summed E-state index contributed by atoms with van der Waals surface area (Å²) in [6.45, 7) is 0. The van der Waals surface area contributed by atoms with Gasteiger partial charge in [-0.05, 0) is 12.8 Å². The van der Waals surface area contributed by atoms with E-state index >= 15 is 0 Å². The summed E-state index contributed by atoms with van der Waals surface area (Å²) in [6.07, 6.45) is 4.79. The summed E-state index contributed by atoms with van der Waals surface area (Å²) in [5, 5.41) is 8.30. The first-order chi connectivity index (χ1) is 10.0. The molecule has 0 atom stereocenters. The van der Waals surface area contributed by atoms with Crippen molar-refractivity contribution in [2.45, 2.75) is 44.9 Å². The second kappa shape index (κ2) is 8.85. The van der Waals surface area contributed by atoms with Crippen molar-refractivity contribution < 1.29 is 14.8 Å². The number of Topliss-reactive ketones (excluding diaryl/α,β-unsaturated/α-hetero) is 1. The third-order valence-electron chi connectivity index (χ3n) is 3.02. The topological polar surface area (TPSA) is 132 Å². The quantitative estimate of drug-likeness (QED) is 0.290. The van der Waals surface area contributed by atoms with E-state index in [2.05, 4.69) is 9.97 Å². The Balaban J connectivity index is 2.21. The molecule has 1 rings (SSSR count). The van der Waals surface area contributed by atoms with Crippen molar-refractivity contribution >= 4 is 11.7 Å². The van der Waals surface area contributed by atoms with E-state index < -0.39 is 17.2 Å². The van der Waals surface area contributed by atoms with Crippen molar-refractivity contribution in [3.63, 3.8) is 0 Å². The zero-order valence-corrected chi connectivity index (χ0v) is 11.6. The van der Waals surface area contributed by atoms with Crippen molar-refractivity contribution in [1.82, 2.24) is 15.4 Å². The molecule has 0 aliphatic carbocycles. The molecule has 8 nitrogen and oxygen atoms in total. The van der Waals surface area contributed by atoms with Crippen LogP contribution in [0.1, 0.15) is 44.1 Å². The predicted molar refractivity (Wildman–Crippen MR) is 74.0 cm³/mol. The zero-order valence-electron chi connectivity index (χ0n) is 11.6. The lowest BCUT2D eigenvalue weighted by atomic mass is 10.0. The van der Waals surface area contributed by atoms with Gasteiger partial charge < -0.3 is 4.98 Å². The number of H-pyrrole nitrogens is 2. The number of rotatable bonds is 9. The van der Waals surface area contributed by atoms with Gasteiger partial charge in [-0.2, -0.15) is 0 Å². The van der Waals surface area contributed by atoms with Gasteiger partial charge in [-0.15, -0.1) is 0 Å². The Morgan fingerprint density at radius 2 is 1.76 bits per heavy atom. The minimum absolute atomic E-state index is 0.000961. The van der Waals surface area contributed by atoms with Crippen LogP contribution in [-0.2, 0) is 16.0 Å². The maximum Gasteiger partial charge on any atom is 0.325 e. The summed E-state index contributed by atoms with van der Waals surface area (Å²) in [4.78, 5) is 49.1. The number of unbranched alkanes of at least 4 members (excludes halogenated alkanes) is 3. The Morgan fingerprint density at radius 1 is 1.10 bits per heavy atom. The Bertz CT molecular complexity index is 590. The molecule has 0 saturated heterocycles. The number of hydroxylamine groups is 1. The highest BCUT2D eigenvalue weighted by Gasteiger charge is 2.07. The van der Waals surface area contributed by atoms with Crippen molar-refractivity contribution in [3.05, 3.63) is 32.6 Å². The van der Waals surface area contributed by atoms with E-state index in [1.165, 1.54) is 6.20 Å². The van der Waals surface area contributed by atoms with Crippen molar-refractivity contribution in [3.8, 4) is 0 Å². The Kier molecular flexibility index (Phi) is 7.10. The fourth-order valence-corrected chi connectivity index (χ4v) is 1.89. The van der Waals surface area contributed by atoms with E-state index in [4.69, 9.17) is 5.21 Å². The lowest BCUT2D eigenvalue weighted by Gasteiger charge is -2.01. The smallest absolute Gasteiger partial charge is 0.314 e. The molecule has 1 aromatic heterocycles.